The third-order valence-corrected chi connectivity index (χ3v) is 5.08. The molecule has 0 amide bonds. The summed E-state index contributed by atoms with van der Waals surface area (Å²) in [5, 5.41) is 0. The minimum absolute atomic E-state index is 0.238. The number of hydrogen-bond acceptors (Lipinski definition) is 3. The van der Waals surface area contributed by atoms with Gasteiger partial charge in [-0.3, -0.25) is 0 Å². The Labute approximate surface area is 124 Å². The highest BCUT2D eigenvalue weighted by atomic mass is 79.9. The first kappa shape index (κ1) is 16.1. The molecule has 102 valence electrons. The van der Waals surface area contributed by atoms with Crippen LogP contribution in [0.25, 0.3) is 0 Å². The van der Waals surface area contributed by atoms with Gasteiger partial charge in [0.2, 0.25) is 10.0 Å². The van der Waals surface area contributed by atoms with Gasteiger partial charge in [0.05, 0.1) is 4.90 Å². The van der Waals surface area contributed by atoms with E-state index in [9.17, 15) is 8.42 Å². The molecule has 0 aliphatic carbocycles. The highest BCUT2D eigenvalue weighted by Crippen LogP contribution is 2.25. The lowest BCUT2D eigenvalue weighted by atomic mass is 10.4. The van der Waals surface area contributed by atoms with Crippen molar-refractivity contribution in [3.8, 4) is 0 Å². The summed E-state index contributed by atoms with van der Waals surface area (Å²) in [4.78, 5) is 0.238. The van der Waals surface area contributed by atoms with Gasteiger partial charge in [-0.2, -0.15) is 0 Å². The summed E-state index contributed by atoms with van der Waals surface area (Å²) in [6.45, 7) is 3.47. The second-order valence-corrected chi connectivity index (χ2v) is 7.03. The van der Waals surface area contributed by atoms with Crippen LogP contribution >= 0.6 is 31.9 Å². The zero-order valence-electron chi connectivity index (χ0n) is 9.95. The van der Waals surface area contributed by atoms with Gasteiger partial charge in [0.15, 0.2) is 0 Å². The van der Waals surface area contributed by atoms with Crippen LogP contribution in [0.5, 0.6) is 0 Å². The molecule has 1 rings (SSSR count). The summed E-state index contributed by atoms with van der Waals surface area (Å²) in [6, 6.07) is 4.95. The van der Waals surface area contributed by atoms with Gasteiger partial charge in [-0.15, -0.1) is 0 Å². The molecule has 0 atom stereocenters. The molecule has 0 spiro atoms. The first-order valence-electron chi connectivity index (χ1n) is 5.50. The van der Waals surface area contributed by atoms with Gasteiger partial charge in [-0.1, -0.05) is 15.9 Å². The Balaban J connectivity index is 2.63. The molecule has 18 heavy (non-hydrogen) atoms. The maximum atomic E-state index is 12.0. The molecule has 0 radical (unpaired) electrons. The Hall–Kier alpha value is 0.0500. The number of ether oxygens (including phenoxy) is 1. The molecule has 1 aromatic rings. The van der Waals surface area contributed by atoms with Gasteiger partial charge in [0.25, 0.3) is 0 Å². The van der Waals surface area contributed by atoms with E-state index in [4.69, 9.17) is 4.74 Å². The predicted octanol–water partition coefficient (Wildman–Crippen LogP) is 2.92. The number of hydrogen-bond donors (Lipinski definition) is 1. The van der Waals surface area contributed by atoms with Crippen molar-refractivity contribution in [1.29, 1.82) is 0 Å². The van der Waals surface area contributed by atoms with Crippen LogP contribution in [-0.2, 0) is 14.8 Å². The Bertz CT molecular complexity index is 491. The smallest absolute Gasteiger partial charge is 0.241 e. The van der Waals surface area contributed by atoms with Gasteiger partial charge in [-0.25, -0.2) is 13.1 Å². The quantitative estimate of drug-likeness (QED) is 0.716. The number of halogens is 2. The van der Waals surface area contributed by atoms with Crippen molar-refractivity contribution in [2.75, 3.05) is 19.8 Å². The van der Waals surface area contributed by atoms with Crippen LogP contribution in [0.15, 0.2) is 32.0 Å². The SMILES string of the molecule is CCOCCCNS(=O)(=O)c1ccc(Br)cc1Br. The summed E-state index contributed by atoms with van der Waals surface area (Å²) < 4.78 is 33.0. The number of benzene rings is 1. The molecule has 0 fully saturated rings. The standard InChI is InChI=1S/C11H15Br2NO3S/c1-2-17-7-3-6-14-18(15,16)11-5-4-9(12)8-10(11)13/h4-5,8,14H,2-3,6-7H2,1H3. The highest BCUT2D eigenvalue weighted by molar-refractivity contribution is 9.11. The average molecular weight is 401 g/mol. The van der Waals surface area contributed by atoms with E-state index in [1.807, 2.05) is 6.92 Å². The highest BCUT2D eigenvalue weighted by Gasteiger charge is 2.16. The van der Waals surface area contributed by atoms with Crippen LogP contribution in [0, 0.1) is 0 Å². The monoisotopic (exact) mass is 399 g/mol. The van der Waals surface area contributed by atoms with Crippen molar-refractivity contribution in [2.24, 2.45) is 0 Å². The van der Waals surface area contributed by atoms with Crippen LogP contribution < -0.4 is 4.72 Å². The van der Waals surface area contributed by atoms with Gasteiger partial charge < -0.3 is 4.74 Å². The molecule has 0 saturated heterocycles. The molecule has 0 aromatic heterocycles. The lowest BCUT2D eigenvalue weighted by Crippen LogP contribution is -2.25. The first-order valence-corrected chi connectivity index (χ1v) is 8.56. The van der Waals surface area contributed by atoms with Crippen LogP contribution in [0.2, 0.25) is 0 Å². The largest absolute Gasteiger partial charge is 0.382 e. The number of nitrogens with one attached hydrogen (secondary N) is 1. The summed E-state index contributed by atoms with van der Waals surface area (Å²) in [7, 11) is -3.47. The summed E-state index contributed by atoms with van der Waals surface area (Å²) in [5.74, 6) is 0. The van der Waals surface area contributed by atoms with Gasteiger partial charge in [0.1, 0.15) is 0 Å². The van der Waals surface area contributed by atoms with Crippen LogP contribution in [0.1, 0.15) is 13.3 Å². The fraction of sp³-hybridized carbons (Fsp3) is 0.455. The molecular formula is C11H15Br2NO3S. The molecule has 7 heteroatoms. The summed E-state index contributed by atoms with van der Waals surface area (Å²) in [6.07, 6.45) is 0.654. The predicted molar refractivity (Wildman–Crippen MR) is 78.1 cm³/mol. The van der Waals surface area contributed by atoms with Crippen molar-refractivity contribution in [1.82, 2.24) is 4.72 Å². The van der Waals surface area contributed by atoms with E-state index < -0.39 is 10.0 Å². The molecule has 4 nitrogen and oxygen atoms in total. The minimum Gasteiger partial charge on any atom is -0.382 e. The van der Waals surface area contributed by atoms with E-state index >= 15 is 0 Å². The molecule has 1 aromatic carbocycles. The molecule has 0 aliphatic rings. The fourth-order valence-corrected chi connectivity index (χ4v) is 4.11. The van der Waals surface area contributed by atoms with Gasteiger partial charge >= 0.3 is 0 Å². The van der Waals surface area contributed by atoms with Crippen molar-refractivity contribution >= 4 is 41.9 Å². The summed E-state index contributed by atoms with van der Waals surface area (Å²) in [5.41, 5.74) is 0. The molecular weight excluding hydrogens is 386 g/mol. The van der Waals surface area contributed by atoms with E-state index in [-0.39, 0.29) is 4.90 Å². The number of rotatable bonds is 7. The van der Waals surface area contributed by atoms with Crippen LogP contribution in [-0.4, -0.2) is 28.2 Å². The average Bonchev–Trinajstić information content (AvgIpc) is 2.28. The molecule has 1 N–H and O–H groups in total. The van der Waals surface area contributed by atoms with Gasteiger partial charge in [-0.05, 0) is 47.5 Å². The lowest BCUT2D eigenvalue weighted by molar-refractivity contribution is 0.146. The van der Waals surface area contributed by atoms with Crippen molar-refractivity contribution in [2.45, 2.75) is 18.2 Å². The fourth-order valence-electron chi connectivity index (χ4n) is 1.30. The van der Waals surface area contributed by atoms with E-state index in [0.717, 1.165) is 4.47 Å². The second kappa shape index (κ2) is 7.59. The van der Waals surface area contributed by atoms with Crippen molar-refractivity contribution in [3.63, 3.8) is 0 Å². The topological polar surface area (TPSA) is 55.4 Å². The second-order valence-electron chi connectivity index (χ2n) is 3.52. The minimum atomic E-state index is -3.47. The Morgan fingerprint density at radius 3 is 2.67 bits per heavy atom. The lowest BCUT2D eigenvalue weighted by Gasteiger charge is -2.08. The van der Waals surface area contributed by atoms with E-state index in [2.05, 4.69) is 36.6 Å². The van der Waals surface area contributed by atoms with Crippen molar-refractivity contribution in [3.05, 3.63) is 27.1 Å². The first-order chi connectivity index (χ1) is 8.47. The molecule has 0 aliphatic heterocycles. The summed E-state index contributed by atoms with van der Waals surface area (Å²) >= 11 is 6.53. The number of sulfonamides is 1. The van der Waals surface area contributed by atoms with E-state index in [1.54, 1.807) is 18.2 Å². The van der Waals surface area contributed by atoms with E-state index in [1.165, 1.54) is 0 Å². The van der Waals surface area contributed by atoms with Gasteiger partial charge in [0, 0.05) is 28.7 Å². The Morgan fingerprint density at radius 1 is 1.33 bits per heavy atom. The van der Waals surface area contributed by atoms with Crippen molar-refractivity contribution < 1.29 is 13.2 Å². The Morgan fingerprint density at radius 2 is 2.06 bits per heavy atom. The third-order valence-electron chi connectivity index (χ3n) is 2.15. The molecule has 0 saturated carbocycles. The molecule has 0 bridgehead atoms. The van der Waals surface area contributed by atoms with E-state index in [0.29, 0.717) is 30.7 Å². The third kappa shape index (κ3) is 4.97. The van der Waals surface area contributed by atoms with Crippen LogP contribution in [0.4, 0.5) is 0 Å². The maximum Gasteiger partial charge on any atom is 0.241 e. The zero-order chi connectivity index (χ0) is 13.6. The Kier molecular flexibility index (Phi) is 6.79. The molecule has 0 heterocycles. The van der Waals surface area contributed by atoms with Crippen LogP contribution in [0.3, 0.4) is 0 Å². The molecule has 0 unspecified atom stereocenters. The normalized spacial score (nSPS) is 11.7. The maximum absolute atomic E-state index is 12.0. The zero-order valence-corrected chi connectivity index (χ0v) is 13.9.